The molecule has 5 heteroatoms. The lowest BCUT2D eigenvalue weighted by molar-refractivity contribution is 0.252. The van der Waals surface area contributed by atoms with Gasteiger partial charge in [0.2, 0.25) is 0 Å². The first-order chi connectivity index (χ1) is 9.13. The summed E-state index contributed by atoms with van der Waals surface area (Å²) in [6, 6.07) is 9.28. The molecule has 0 fully saturated rings. The van der Waals surface area contributed by atoms with E-state index >= 15 is 0 Å². The maximum atomic E-state index is 11.6. The summed E-state index contributed by atoms with van der Waals surface area (Å²) in [5, 5.41) is 9.32. The first-order valence-corrected chi connectivity index (χ1v) is 6.17. The minimum absolute atomic E-state index is 0.222. The number of hydrogen-bond donors (Lipinski definition) is 2. The van der Waals surface area contributed by atoms with Gasteiger partial charge in [-0.05, 0) is 26.0 Å². The van der Waals surface area contributed by atoms with Gasteiger partial charge in [-0.2, -0.15) is 0 Å². The molecule has 1 heterocycles. The third-order valence-electron chi connectivity index (χ3n) is 2.64. The van der Waals surface area contributed by atoms with Crippen LogP contribution in [0, 0.1) is 13.8 Å². The van der Waals surface area contributed by atoms with Crippen LogP contribution in [-0.2, 0) is 6.42 Å². The van der Waals surface area contributed by atoms with Crippen LogP contribution in [0.3, 0.4) is 0 Å². The molecule has 0 aliphatic rings. The molecule has 100 valence electrons. The smallest absolute Gasteiger partial charge is 0.319 e. The number of amides is 2. The fraction of sp³-hybridized carbons (Fsp3) is 0.286. The Balaban J connectivity index is 1.74. The fourth-order valence-corrected chi connectivity index (χ4v) is 1.65. The van der Waals surface area contributed by atoms with Crippen molar-refractivity contribution in [3.05, 3.63) is 47.3 Å². The van der Waals surface area contributed by atoms with E-state index in [1.165, 1.54) is 0 Å². The Kier molecular flexibility index (Phi) is 4.18. The second-order valence-electron chi connectivity index (χ2n) is 4.43. The number of benzene rings is 1. The summed E-state index contributed by atoms with van der Waals surface area (Å²) >= 11 is 0. The summed E-state index contributed by atoms with van der Waals surface area (Å²) in [7, 11) is 0. The summed E-state index contributed by atoms with van der Waals surface area (Å²) < 4.78 is 5.06. The van der Waals surface area contributed by atoms with Gasteiger partial charge in [-0.1, -0.05) is 22.9 Å². The minimum atomic E-state index is -0.222. The highest BCUT2D eigenvalue weighted by Crippen LogP contribution is 2.08. The number of rotatable bonds is 4. The van der Waals surface area contributed by atoms with Gasteiger partial charge in [0.15, 0.2) is 0 Å². The largest absolute Gasteiger partial charge is 0.361 e. The van der Waals surface area contributed by atoms with Gasteiger partial charge < -0.3 is 15.2 Å². The number of carbonyl (C=O) groups excluding carboxylic acids is 1. The number of anilines is 1. The Morgan fingerprint density at radius 3 is 2.63 bits per heavy atom. The lowest BCUT2D eigenvalue weighted by Crippen LogP contribution is -2.30. The molecule has 0 atom stereocenters. The maximum Gasteiger partial charge on any atom is 0.319 e. The fourth-order valence-electron chi connectivity index (χ4n) is 1.65. The number of aromatic nitrogens is 1. The zero-order valence-corrected chi connectivity index (χ0v) is 11.1. The Morgan fingerprint density at radius 1 is 1.26 bits per heavy atom. The minimum Gasteiger partial charge on any atom is -0.361 e. The molecule has 0 aliphatic carbocycles. The highest BCUT2D eigenvalue weighted by Gasteiger charge is 2.03. The molecule has 0 aliphatic heterocycles. The average Bonchev–Trinajstić information content (AvgIpc) is 2.78. The van der Waals surface area contributed by atoms with E-state index in [4.69, 9.17) is 4.52 Å². The van der Waals surface area contributed by atoms with Crippen molar-refractivity contribution in [2.75, 3.05) is 11.9 Å². The summed E-state index contributed by atoms with van der Waals surface area (Å²) in [4.78, 5) is 11.6. The van der Waals surface area contributed by atoms with E-state index in [9.17, 15) is 4.79 Å². The van der Waals surface area contributed by atoms with Crippen molar-refractivity contribution in [2.45, 2.75) is 20.3 Å². The molecule has 2 rings (SSSR count). The third kappa shape index (κ3) is 4.13. The molecule has 5 nitrogen and oxygen atoms in total. The van der Waals surface area contributed by atoms with E-state index in [1.54, 1.807) is 0 Å². The Morgan fingerprint density at radius 2 is 2.00 bits per heavy atom. The summed E-state index contributed by atoms with van der Waals surface area (Å²) in [5.74, 6) is 0.771. The third-order valence-corrected chi connectivity index (χ3v) is 2.64. The molecule has 1 aromatic heterocycles. The SMILES string of the molecule is Cc1ccc(NC(=O)NCCc2cc(C)no2)cc1. The van der Waals surface area contributed by atoms with Crippen LogP contribution in [0.4, 0.5) is 10.5 Å². The normalized spacial score (nSPS) is 10.2. The van der Waals surface area contributed by atoms with Crippen molar-refractivity contribution in [3.63, 3.8) is 0 Å². The molecule has 0 saturated heterocycles. The average molecular weight is 259 g/mol. The van der Waals surface area contributed by atoms with Gasteiger partial charge in [-0.15, -0.1) is 0 Å². The number of carbonyl (C=O) groups is 1. The molecule has 2 aromatic rings. The van der Waals surface area contributed by atoms with Crippen molar-refractivity contribution >= 4 is 11.7 Å². The van der Waals surface area contributed by atoms with Crippen LogP contribution in [0.15, 0.2) is 34.9 Å². The molecular weight excluding hydrogens is 242 g/mol. The first-order valence-electron chi connectivity index (χ1n) is 6.17. The second kappa shape index (κ2) is 6.04. The van der Waals surface area contributed by atoms with E-state index in [0.29, 0.717) is 13.0 Å². The van der Waals surface area contributed by atoms with Gasteiger partial charge in [0.1, 0.15) is 5.76 Å². The summed E-state index contributed by atoms with van der Waals surface area (Å²) in [5.41, 5.74) is 2.78. The zero-order chi connectivity index (χ0) is 13.7. The van der Waals surface area contributed by atoms with Crippen molar-refractivity contribution in [2.24, 2.45) is 0 Å². The maximum absolute atomic E-state index is 11.6. The van der Waals surface area contributed by atoms with Crippen LogP contribution in [0.2, 0.25) is 0 Å². The molecule has 0 unspecified atom stereocenters. The van der Waals surface area contributed by atoms with Crippen molar-refractivity contribution in [3.8, 4) is 0 Å². The van der Waals surface area contributed by atoms with E-state index in [1.807, 2.05) is 44.2 Å². The van der Waals surface area contributed by atoms with E-state index in [-0.39, 0.29) is 6.03 Å². The Hall–Kier alpha value is -2.30. The molecular formula is C14H17N3O2. The van der Waals surface area contributed by atoms with Crippen LogP contribution in [-0.4, -0.2) is 17.7 Å². The van der Waals surface area contributed by atoms with Gasteiger partial charge >= 0.3 is 6.03 Å². The molecule has 0 spiro atoms. The van der Waals surface area contributed by atoms with Crippen LogP contribution in [0.25, 0.3) is 0 Å². The lowest BCUT2D eigenvalue weighted by atomic mass is 10.2. The number of aryl methyl sites for hydroxylation is 2. The molecule has 2 N–H and O–H groups in total. The Bertz CT molecular complexity index is 546. The number of urea groups is 1. The quantitative estimate of drug-likeness (QED) is 0.887. The molecule has 0 radical (unpaired) electrons. The van der Waals surface area contributed by atoms with Crippen LogP contribution in [0.5, 0.6) is 0 Å². The van der Waals surface area contributed by atoms with Crippen molar-refractivity contribution < 1.29 is 9.32 Å². The Labute approximate surface area is 112 Å². The highest BCUT2D eigenvalue weighted by atomic mass is 16.5. The summed E-state index contributed by atoms with van der Waals surface area (Å²) in [6.07, 6.45) is 0.627. The van der Waals surface area contributed by atoms with Crippen molar-refractivity contribution in [1.29, 1.82) is 0 Å². The zero-order valence-electron chi connectivity index (χ0n) is 11.1. The molecule has 19 heavy (non-hydrogen) atoms. The topological polar surface area (TPSA) is 67.2 Å². The standard InChI is InChI=1S/C14H17N3O2/c1-10-3-5-12(6-4-10)16-14(18)15-8-7-13-9-11(2)17-19-13/h3-6,9H,7-8H2,1-2H3,(H2,15,16,18). The summed E-state index contributed by atoms with van der Waals surface area (Å²) in [6.45, 7) is 4.38. The van der Waals surface area contributed by atoms with Crippen LogP contribution in [0.1, 0.15) is 17.0 Å². The number of hydrogen-bond acceptors (Lipinski definition) is 3. The second-order valence-corrected chi connectivity index (χ2v) is 4.43. The van der Waals surface area contributed by atoms with Gasteiger partial charge in [-0.3, -0.25) is 0 Å². The van der Waals surface area contributed by atoms with E-state index < -0.39 is 0 Å². The number of nitrogens with one attached hydrogen (secondary N) is 2. The molecule has 1 aromatic carbocycles. The lowest BCUT2D eigenvalue weighted by Gasteiger charge is -2.06. The predicted molar refractivity (Wildman–Crippen MR) is 73.1 cm³/mol. The van der Waals surface area contributed by atoms with Gasteiger partial charge in [0.25, 0.3) is 0 Å². The van der Waals surface area contributed by atoms with Crippen LogP contribution < -0.4 is 10.6 Å². The first kappa shape index (κ1) is 13.1. The molecule has 2 amide bonds. The van der Waals surface area contributed by atoms with E-state index in [0.717, 1.165) is 22.7 Å². The van der Waals surface area contributed by atoms with Gasteiger partial charge in [0.05, 0.1) is 5.69 Å². The van der Waals surface area contributed by atoms with Gasteiger partial charge in [-0.25, -0.2) is 4.79 Å². The number of nitrogens with zero attached hydrogens (tertiary/aromatic N) is 1. The molecule has 0 bridgehead atoms. The van der Waals surface area contributed by atoms with Crippen molar-refractivity contribution in [1.82, 2.24) is 10.5 Å². The van der Waals surface area contributed by atoms with Gasteiger partial charge in [0, 0.05) is 24.7 Å². The predicted octanol–water partition coefficient (Wildman–Crippen LogP) is 2.66. The molecule has 0 saturated carbocycles. The van der Waals surface area contributed by atoms with Crippen LogP contribution >= 0.6 is 0 Å². The highest BCUT2D eigenvalue weighted by molar-refractivity contribution is 5.89. The van der Waals surface area contributed by atoms with E-state index in [2.05, 4.69) is 15.8 Å². The monoisotopic (exact) mass is 259 g/mol.